The molecular weight excluding hydrogens is 516 g/mol. The number of fused-ring (bicyclic) bond motifs is 5. The molecule has 226 valence electrons. The zero-order valence-electron chi connectivity index (χ0n) is 24.4. The van der Waals surface area contributed by atoms with E-state index in [2.05, 4.69) is 13.8 Å². The van der Waals surface area contributed by atoms with E-state index in [1.54, 1.807) is 13.2 Å². The Morgan fingerprint density at radius 2 is 1.77 bits per heavy atom. The van der Waals surface area contributed by atoms with Gasteiger partial charge in [-0.25, -0.2) is 4.79 Å². The maximum atomic E-state index is 12.4. The summed E-state index contributed by atoms with van der Waals surface area (Å²) in [6, 6.07) is 0. The van der Waals surface area contributed by atoms with Crippen molar-refractivity contribution in [2.75, 3.05) is 27.4 Å². The maximum Gasteiger partial charge on any atom is 0.331 e. The number of aliphatic hydroxyl groups is 3. The summed E-state index contributed by atoms with van der Waals surface area (Å²) in [5.41, 5.74) is 0.267. The van der Waals surface area contributed by atoms with Crippen LogP contribution in [-0.2, 0) is 28.5 Å². The van der Waals surface area contributed by atoms with E-state index < -0.39 is 36.3 Å². The van der Waals surface area contributed by atoms with Crippen LogP contribution in [0, 0.1) is 34.5 Å². The van der Waals surface area contributed by atoms with Gasteiger partial charge in [0.2, 0.25) is 0 Å². The molecule has 2 heterocycles. The lowest BCUT2D eigenvalue weighted by Crippen LogP contribution is -2.63. The molecule has 9 nitrogen and oxygen atoms in total. The van der Waals surface area contributed by atoms with Crippen molar-refractivity contribution in [3.63, 3.8) is 0 Å². The van der Waals surface area contributed by atoms with Crippen molar-refractivity contribution in [1.29, 1.82) is 0 Å². The number of hydrogen-bond donors (Lipinski definition) is 3. The van der Waals surface area contributed by atoms with E-state index in [1.165, 1.54) is 7.11 Å². The lowest BCUT2D eigenvalue weighted by molar-refractivity contribution is -0.323. The Labute approximate surface area is 237 Å². The first-order valence-corrected chi connectivity index (χ1v) is 15.3. The van der Waals surface area contributed by atoms with Crippen molar-refractivity contribution in [3.05, 3.63) is 11.6 Å². The van der Waals surface area contributed by atoms with E-state index >= 15 is 0 Å². The van der Waals surface area contributed by atoms with Crippen LogP contribution >= 0.6 is 0 Å². The molecule has 40 heavy (non-hydrogen) atoms. The first kappa shape index (κ1) is 29.0. The first-order chi connectivity index (χ1) is 19.1. The highest BCUT2D eigenvalue weighted by atomic mass is 16.7. The molecule has 4 aliphatic carbocycles. The summed E-state index contributed by atoms with van der Waals surface area (Å²) >= 11 is 0. The zero-order valence-corrected chi connectivity index (χ0v) is 24.4. The Morgan fingerprint density at radius 3 is 2.45 bits per heavy atom. The monoisotopic (exact) mass is 564 g/mol. The second kappa shape index (κ2) is 10.6. The highest BCUT2D eigenvalue weighted by Gasteiger charge is 2.67. The Balaban J connectivity index is 1.16. The van der Waals surface area contributed by atoms with Gasteiger partial charge < -0.3 is 39.0 Å². The topological polar surface area (TPSA) is 124 Å². The Bertz CT molecular complexity index is 1000. The smallest absolute Gasteiger partial charge is 0.331 e. The average molecular weight is 565 g/mol. The number of ether oxygens (including phenoxy) is 5. The van der Waals surface area contributed by atoms with Crippen LogP contribution in [0.25, 0.3) is 0 Å². The van der Waals surface area contributed by atoms with Crippen LogP contribution in [0.3, 0.4) is 0 Å². The number of rotatable bonds is 6. The SMILES string of the molecule is COC1C(OC2CCC3(C)C(CCC4C3CCC3(C)C(C5=CC(=O)OC5)CCC43O)C2)OC(CO)C(O)C1OC. The molecule has 0 aromatic carbocycles. The molecule has 6 rings (SSSR count). The van der Waals surface area contributed by atoms with Crippen LogP contribution in [0.2, 0.25) is 0 Å². The fourth-order valence-electron chi connectivity index (χ4n) is 10.4. The summed E-state index contributed by atoms with van der Waals surface area (Å²) in [7, 11) is 3.08. The van der Waals surface area contributed by atoms with Crippen LogP contribution in [-0.4, -0.2) is 91.1 Å². The summed E-state index contributed by atoms with van der Waals surface area (Å²) in [5.74, 6) is 1.18. The minimum Gasteiger partial charge on any atom is -0.458 e. The molecule has 0 bridgehead atoms. The number of hydrogen-bond acceptors (Lipinski definition) is 9. The Hall–Kier alpha value is -1.07. The second-order valence-corrected chi connectivity index (χ2v) is 13.9. The molecule has 2 aliphatic heterocycles. The van der Waals surface area contributed by atoms with Crippen molar-refractivity contribution in [2.45, 2.75) is 114 Å². The van der Waals surface area contributed by atoms with E-state index in [4.69, 9.17) is 23.7 Å². The molecule has 1 saturated heterocycles. The van der Waals surface area contributed by atoms with Gasteiger partial charge in [0, 0.05) is 25.7 Å². The molecule has 0 spiro atoms. The van der Waals surface area contributed by atoms with E-state index in [1.807, 2.05) is 0 Å². The first-order valence-electron chi connectivity index (χ1n) is 15.3. The van der Waals surface area contributed by atoms with Crippen LogP contribution < -0.4 is 0 Å². The number of carbonyl (C=O) groups excluding carboxylic acids is 1. The molecule has 4 saturated carbocycles. The number of aliphatic hydroxyl groups excluding tert-OH is 2. The number of esters is 1. The molecule has 13 unspecified atom stereocenters. The minimum atomic E-state index is -0.999. The van der Waals surface area contributed by atoms with Gasteiger partial charge in [0.1, 0.15) is 31.0 Å². The van der Waals surface area contributed by atoms with E-state index in [0.29, 0.717) is 18.4 Å². The Morgan fingerprint density at radius 1 is 1.00 bits per heavy atom. The normalized spacial score (nSPS) is 52.4. The summed E-state index contributed by atoms with van der Waals surface area (Å²) < 4.78 is 28.9. The standard InChI is InChI=1S/C31H48O9/c1-29-10-7-19(39-28-27(37-4)26(36-3)25(34)23(15-32)40-28)14-18(29)5-6-22-21(29)8-11-30(2)20(9-12-31(22,30)35)17-13-24(33)38-16-17/h13,18-23,25-28,32,34-35H,5-12,14-16H2,1-4H3. The van der Waals surface area contributed by atoms with Gasteiger partial charge in [-0.15, -0.1) is 0 Å². The van der Waals surface area contributed by atoms with Crippen molar-refractivity contribution >= 4 is 5.97 Å². The minimum absolute atomic E-state index is 0.0102. The van der Waals surface area contributed by atoms with E-state index in [9.17, 15) is 20.1 Å². The largest absolute Gasteiger partial charge is 0.458 e. The Kier molecular flexibility index (Phi) is 7.68. The van der Waals surface area contributed by atoms with Gasteiger partial charge in [0.05, 0.1) is 18.3 Å². The van der Waals surface area contributed by atoms with Crippen molar-refractivity contribution in [3.8, 4) is 0 Å². The molecule has 0 aromatic heterocycles. The number of methoxy groups -OCH3 is 2. The molecule has 0 amide bonds. The third-order valence-electron chi connectivity index (χ3n) is 12.6. The summed E-state index contributed by atoms with van der Waals surface area (Å²) in [5, 5.41) is 32.8. The number of cyclic esters (lactones) is 1. The third kappa shape index (κ3) is 4.25. The highest BCUT2D eigenvalue weighted by molar-refractivity contribution is 5.85. The summed E-state index contributed by atoms with van der Waals surface area (Å²) in [6.45, 7) is 4.77. The van der Waals surface area contributed by atoms with Crippen molar-refractivity contribution < 1.29 is 43.8 Å². The molecule has 9 heteroatoms. The van der Waals surface area contributed by atoms with Gasteiger partial charge in [-0.3, -0.25) is 0 Å². The lowest BCUT2D eigenvalue weighted by atomic mass is 9.43. The fraction of sp³-hybridized carbons (Fsp3) is 0.903. The van der Waals surface area contributed by atoms with Crippen molar-refractivity contribution in [2.24, 2.45) is 34.5 Å². The summed E-state index contributed by atoms with van der Waals surface area (Å²) in [4.78, 5) is 11.8. The third-order valence-corrected chi connectivity index (χ3v) is 12.6. The van der Waals surface area contributed by atoms with E-state index in [0.717, 1.165) is 63.4 Å². The molecular formula is C31H48O9. The molecule has 6 aliphatic rings. The molecule has 3 N–H and O–H groups in total. The number of carbonyl (C=O) groups is 1. The molecule has 5 fully saturated rings. The van der Waals surface area contributed by atoms with E-state index in [-0.39, 0.29) is 41.3 Å². The van der Waals surface area contributed by atoms with Crippen LogP contribution in [0.15, 0.2) is 11.6 Å². The summed E-state index contributed by atoms with van der Waals surface area (Å²) in [6.07, 6.45) is 6.59. The zero-order chi connectivity index (χ0) is 28.4. The van der Waals surface area contributed by atoms with Crippen molar-refractivity contribution in [1.82, 2.24) is 0 Å². The van der Waals surface area contributed by atoms with Crippen LogP contribution in [0.4, 0.5) is 0 Å². The van der Waals surface area contributed by atoms with Crippen LogP contribution in [0.5, 0.6) is 0 Å². The van der Waals surface area contributed by atoms with Crippen LogP contribution in [0.1, 0.15) is 71.6 Å². The molecule has 0 aromatic rings. The van der Waals surface area contributed by atoms with Gasteiger partial charge in [-0.2, -0.15) is 0 Å². The fourth-order valence-corrected chi connectivity index (χ4v) is 10.4. The molecule has 13 atom stereocenters. The van der Waals surface area contributed by atoms with Gasteiger partial charge in [-0.1, -0.05) is 13.8 Å². The maximum absolute atomic E-state index is 12.4. The quantitative estimate of drug-likeness (QED) is 0.330. The highest BCUT2D eigenvalue weighted by Crippen LogP contribution is 2.70. The molecule has 0 radical (unpaired) electrons. The predicted octanol–water partition coefficient (Wildman–Crippen LogP) is 2.74. The van der Waals surface area contributed by atoms with Gasteiger partial charge in [0.25, 0.3) is 0 Å². The van der Waals surface area contributed by atoms with Gasteiger partial charge in [0.15, 0.2) is 6.29 Å². The van der Waals surface area contributed by atoms with Gasteiger partial charge in [-0.05, 0) is 92.4 Å². The lowest BCUT2D eigenvalue weighted by Gasteiger charge is -2.64. The average Bonchev–Trinajstić information content (AvgIpc) is 3.48. The predicted molar refractivity (Wildman–Crippen MR) is 144 cm³/mol. The van der Waals surface area contributed by atoms with Gasteiger partial charge >= 0.3 is 5.97 Å². The second-order valence-electron chi connectivity index (χ2n) is 13.9.